The van der Waals surface area contributed by atoms with Gasteiger partial charge in [-0.05, 0) is 6.42 Å². The van der Waals surface area contributed by atoms with Crippen molar-refractivity contribution in [3.8, 4) is 0 Å². The summed E-state index contributed by atoms with van der Waals surface area (Å²) < 4.78 is 31.3. The van der Waals surface area contributed by atoms with Gasteiger partial charge in [-0.3, -0.25) is 4.57 Å². The summed E-state index contributed by atoms with van der Waals surface area (Å²) >= 11 is 0. The van der Waals surface area contributed by atoms with Crippen molar-refractivity contribution in [3.63, 3.8) is 0 Å². The number of hydrogen-bond donors (Lipinski definition) is 0. The fourth-order valence-electron chi connectivity index (χ4n) is 0.996. The summed E-state index contributed by atoms with van der Waals surface area (Å²) in [6.45, 7) is 2.00. The van der Waals surface area contributed by atoms with Crippen LogP contribution >= 0.6 is 7.60 Å². The average molecular weight is 224 g/mol. The third kappa shape index (κ3) is 4.53. The zero-order valence-corrected chi connectivity index (χ0v) is 9.50. The van der Waals surface area contributed by atoms with E-state index in [-0.39, 0.29) is 6.10 Å². The van der Waals surface area contributed by atoms with Gasteiger partial charge < -0.3 is 18.5 Å². The molecule has 5 nitrogen and oxygen atoms in total. The van der Waals surface area contributed by atoms with Crippen LogP contribution in [0.25, 0.3) is 0 Å². The van der Waals surface area contributed by atoms with Crippen molar-refractivity contribution in [2.45, 2.75) is 12.5 Å². The Labute approximate surface area is 84.2 Å². The highest BCUT2D eigenvalue weighted by Crippen LogP contribution is 2.46. The Morgan fingerprint density at radius 3 is 2.57 bits per heavy atom. The molecule has 6 heteroatoms. The first kappa shape index (κ1) is 12.1. The Balaban J connectivity index is 1.98. The number of ether oxygens (including phenoxy) is 2. The highest BCUT2D eigenvalue weighted by atomic mass is 31.2. The van der Waals surface area contributed by atoms with Gasteiger partial charge in [-0.2, -0.15) is 0 Å². The lowest BCUT2D eigenvalue weighted by molar-refractivity contribution is 0.116. The Hall–Kier alpha value is 0.0700. The van der Waals surface area contributed by atoms with Crippen LogP contribution in [0.5, 0.6) is 0 Å². The van der Waals surface area contributed by atoms with E-state index in [9.17, 15) is 4.57 Å². The minimum absolute atomic E-state index is 0.284. The first-order chi connectivity index (χ1) is 6.70. The Bertz CT molecular complexity index is 196. The maximum atomic E-state index is 11.5. The lowest BCUT2D eigenvalue weighted by atomic mass is 10.5. The van der Waals surface area contributed by atoms with Crippen LogP contribution in [0.3, 0.4) is 0 Å². The van der Waals surface area contributed by atoms with Crippen LogP contribution in [0.2, 0.25) is 0 Å². The fraction of sp³-hybridized carbons (Fsp3) is 1.00. The summed E-state index contributed by atoms with van der Waals surface area (Å²) in [7, 11) is -0.0566. The molecule has 0 radical (unpaired) electrons. The molecule has 1 unspecified atom stereocenters. The monoisotopic (exact) mass is 224 g/mol. The summed E-state index contributed by atoms with van der Waals surface area (Å²) in [5, 5.41) is 0. The molecule has 0 aromatic rings. The molecule has 0 amide bonds. The van der Waals surface area contributed by atoms with Crippen molar-refractivity contribution in [3.05, 3.63) is 0 Å². The fourth-order valence-corrected chi connectivity index (χ4v) is 2.03. The summed E-state index contributed by atoms with van der Waals surface area (Å²) in [4.78, 5) is 0. The van der Waals surface area contributed by atoms with Gasteiger partial charge in [0.25, 0.3) is 0 Å². The van der Waals surface area contributed by atoms with E-state index in [1.807, 2.05) is 0 Å². The Morgan fingerprint density at radius 2 is 2.07 bits per heavy atom. The summed E-state index contributed by atoms with van der Waals surface area (Å²) in [6, 6.07) is 0. The van der Waals surface area contributed by atoms with Crippen molar-refractivity contribution in [1.29, 1.82) is 0 Å². The zero-order valence-electron chi connectivity index (χ0n) is 8.60. The molecule has 1 atom stereocenters. The molecule has 1 aliphatic heterocycles. The first-order valence-corrected chi connectivity index (χ1v) is 6.33. The lowest BCUT2D eigenvalue weighted by Crippen LogP contribution is -2.05. The van der Waals surface area contributed by atoms with Crippen LogP contribution in [-0.4, -0.2) is 46.3 Å². The van der Waals surface area contributed by atoms with Crippen molar-refractivity contribution < 1.29 is 23.1 Å². The van der Waals surface area contributed by atoms with Gasteiger partial charge in [0.15, 0.2) is 0 Å². The predicted molar refractivity (Wildman–Crippen MR) is 51.7 cm³/mol. The molecule has 0 saturated carbocycles. The number of epoxide rings is 1. The van der Waals surface area contributed by atoms with Gasteiger partial charge in [0.1, 0.15) is 6.10 Å². The summed E-state index contributed by atoms with van der Waals surface area (Å²) in [6.07, 6.45) is 1.35. The van der Waals surface area contributed by atoms with E-state index in [0.29, 0.717) is 25.8 Å². The molecule has 0 spiro atoms. The second-order valence-corrected chi connectivity index (χ2v) is 5.48. The van der Waals surface area contributed by atoms with Crippen LogP contribution < -0.4 is 0 Å². The second kappa shape index (κ2) is 5.83. The normalized spacial score (nSPS) is 21.1. The Kier molecular flexibility index (Phi) is 5.06. The minimum atomic E-state index is -2.84. The SMILES string of the molecule is COP(=O)(CCCOCC1CO1)OC. The van der Waals surface area contributed by atoms with Gasteiger partial charge in [0, 0.05) is 20.8 Å². The quantitative estimate of drug-likeness (QED) is 0.353. The van der Waals surface area contributed by atoms with Crippen molar-refractivity contribution >= 4 is 7.60 Å². The maximum Gasteiger partial charge on any atom is 0.330 e. The highest BCUT2D eigenvalue weighted by Gasteiger charge is 2.23. The van der Waals surface area contributed by atoms with Crippen molar-refractivity contribution in [2.75, 3.05) is 40.2 Å². The molecule has 0 aromatic heterocycles. The van der Waals surface area contributed by atoms with Gasteiger partial charge in [-0.15, -0.1) is 0 Å². The van der Waals surface area contributed by atoms with E-state index >= 15 is 0 Å². The number of hydrogen-bond acceptors (Lipinski definition) is 5. The predicted octanol–water partition coefficient (Wildman–Crippen LogP) is 1.28. The molecule has 1 saturated heterocycles. The minimum Gasteiger partial charge on any atom is -0.379 e. The van der Waals surface area contributed by atoms with Crippen LogP contribution in [0.15, 0.2) is 0 Å². The molecular formula is C8H17O5P. The topological polar surface area (TPSA) is 57.3 Å². The van der Waals surface area contributed by atoms with E-state index in [1.165, 1.54) is 14.2 Å². The highest BCUT2D eigenvalue weighted by molar-refractivity contribution is 7.53. The summed E-state index contributed by atoms with van der Waals surface area (Å²) in [5.41, 5.74) is 0. The molecule has 1 fully saturated rings. The molecule has 84 valence electrons. The molecular weight excluding hydrogens is 207 g/mol. The van der Waals surface area contributed by atoms with E-state index in [2.05, 4.69) is 0 Å². The van der Waals surface area contributed by atoms with Gasteiger partial charge in [0.2, 0.25) is 0 Å². The smallest absolute Gasteiger partial charge is 0.330 e. The van der Waals surface area contributed by atoms with Crippen LogP contribution in [0, 0.1) is 0 Å². The van der Waals surface area contributed by atoms with E-state index < -0.39 is 7.60 Å². The van der Waals surface area contributed by atoms with Gasteiger partial charge in [0.05, 0.1) is 19.4 Å². The third-order valence-electron chi connectivity index (χ3n) is 1.98. The van der Waals surface area contributed by atoms with Gasteiger partial charge in [-0.1, -0.05) is 0 Å². The van der Waals surface area contributed by atoms with Crippen molar-refractivity contribution in [1.82, 2.24) is 0 Å². The standard InChI is InChI=1S/C8H17O5P/c1-10-14(9,11-2)5-3-4-12-6-8-7-13-8/h8H,3-7H2,1-2H3. The molecule has 0 N–H and O–H groups in total. The summed E-state index contributed by atoms with van der Waals surface area (Å²) in [5.74, 6) is 0. The zero-order chi connectivity index (χ0) is 10.4. The molecule has 1 aliphatic rings. The van der Waals surface area contributed by atoms with Crippen LogP contribution in [0.1, 0.15) is 6.42 Å². The largest absolute Gasteiger partial charge is 0.379 e. The van der Waals surface area contributed by atoms with E-state index in [1.54, 1.807) is 0 Å². The third-order valence-corrected chi connectivity index (χ3v) is 3.96. The van der Waals surface area contributed by atoms with Gasteiger partial charge in [-0.25, -0.2) is 0 Å². The molecule has 1 rings (SSSR count). The molecule has 14 heavy (non-hydrogen) atoms. The lowest BCUT2D eigenvalue weighted by Gasteiger charge is -2.12. The first-order valence-electron chi connectivity index (χ1n) is 4.60. The van der Waals surface area contributed by atoms with Crippen LogP contribution in [-0.2, 0) is 23.1 Å². The Morgan fingerprint density at radius 1 is 1.43 bits per heavy atom. The van der Waals surface area contributed by atoms with E-state index in [0.717, 1.165) is 6.61 Å². The second-order valence-electron chi connectivity index (χ2n) is 3.08. The van der Waals surface area contributed by atoms with Gasteiger partial charge >= 0.3 is 7.60 Å². The maximum absolute atomic E-state index is 11.5. The molecule has 0 bridgehead atoms. The van der Waals surface area contributed by atoms with Crippen molar-refractivity contribution in [2.24, 2.45) is 0 Å². The molecule has 1 heterocycles. The number of rotatable bonds is 8. The molecule has 0 aliphatic carbocycles. The average Bonchev–Trinajstić information content (AvgIpc) is 3.01. The van der Waals surface area contributed by atoms with E-state index in [4.69, 9.17) is 18.5 Å². The molecule has 0 aromatic carbocycles. The van der Waals surface area contributed by atoms with Crippen LogP contribution in [0.4, 0.5) is 0 Å².